The van der Waals surface area contributed by atoms with Crippen LogP contribution in [0.15, 0.2) is 27.1 Å². The Kier molecular flexibility index (Phi) is 4.06. The predicted octanol–water partition coefficient (Wildman–Crippen LogP) is 3.37. The minimum atomic E-state index is -0.431. The predicted molar refractivity (Wildman–Crippen MR) is 72.1 cm³/mol. The Morgan fingerprint density at radius 3 is 2.56 bits per heavy atom. The molecule has 3 N–H and O–H groups in total. The van der Waals surface area contributed by atoms with Gasteiger partial charge in [0, 0.05) is 8.95 Å². The lowest BCUT2D eigenvalue weighted by Crippen LogP contribution is -2.36. The molecule has 1 fully saturated rings. The van der Waals surface area contributed by atoms with E-state index in [1.807, 2.05) is 18.2 Å². The van der Waals surface area contributed by atoms with E-state index in [4.69, 9.17) is 5.73 Å². The lowest BCUT2D eigenvalue weighted by molar-refractivity contribution is 0.0412. The molecule has 0 heterocycles. The summed E-state index contributed by atoms with van der Waals surface area (Å²) in [7, 11) is 0. The van der Waals surface area contributed by atoms with Crippen LogP contribution < -0.4 is 5.73 Å². The topological polar surface area (TPSA) is 46.2 Å². The van der Waals surface area contributed by atoms with Crippen LogP contribution in [0.5, 0.6) is 0 Å². The Morgan fingerprint density at radius 2 is 2.00 bits per heavy atom. The summed E-state index contributed by atoms with van der Waals surface area (Å²) in [5.41, 5.74) is 7.08. The third kappa shape index (κ3) is 2.50. The molecule has 1 aromatic carbocycles. The largest absolute Gasteiger partial charge is 0.391 e. The van der Waals surface area contributed by atoms with Crippen LogP contribution in [-0.4, -0.2) is 11.2 Å². The molecule has 2 nitrogen and oxygen atoms in total. The fourth-order valence-corrected chi connectivity index (χ4v) is 2.92. The molecule has 0 saturated heterocycles. The monoisotopic (exact) mass is 347 g/mol. The van der Waals surface area contributed by atoms with Crippen molar-refractivity contribution in [3.8, 4) is 0 Å². The Labute approximate surface area is 112 Å². The zero-order chi connectivity index (χ0) is 11.7. The van der Waals surface area contributed by atoms with Gasteiger partial charge in [-0.15, -0.1) is 0 Å². The third-order valence-corrected chi connectivity index (χ3v) is 4.53. The second-order valence-corrected chi connectivity index (χ2v) is 6.14. The maximum atomic E-state index is 10.1. The summed E-state index contributed by atoms with van der Waals surface area (Å²) >= 11 is 6.90. The van der Waals surface area contributed by atoms with E-state index in [-0.39, 0.29) is 6.04 Å². The quantitative estimate of drug-likeness (QED) is 0.879. The van der Waals surface area contributed by atoms with Crippen LogP contribution >= 0.6 is 31.9 Å². The molecule has 16 heavy (non-hydrogen) atoms. The molecule has 0 aromatic heterocycles. The highest BCUT2D eigenvalue weighted by Gasteiger charge is 2.31. The molecule has 4 heteroatoms. The van der Waals surface area contributed by atoms with Gasteiger partial charge in [0.25, 0.3) is 0 Å². The Hall–Kier alpha value is 0.1000. The van der Waals surface area contributed by atoms with Gasteiger partial charge in [-0.05, 0) is 42.5 Å². The molecule has 2 rings (SSSR count). The zero-order valence-electron chi connectivity index (χ0n) is 8.87. The summed E-state index contributed by atoms with van der Waals surface area (Å²) in [4.78, 5) is 0. The van der Waals surface area contributed by atoms with Crippen molar-refractivity contribution in [1.82, 2.24) is 0 Å². The minimum absolute atomic E-state index is 0.308. The number of halogens is 2. The fourth-order valence-electron chi connectivity index (χ4n) is 2.03. The molecule has 1 saturated carbocycles. The summed E-state index contributed by atoms with van der Waals surface area (Å²) in [6.45, 7) is 0. The average molecular weight is 349 g/mol. The molecular formula is C12H15Br2NO. The first kappa shape index (κ1) is 12.6. The van der Waals surface area contributed by atoms with E-state index in [2.05, 4.69) is 31.9 Å². The van der Waals surface area contributed by atoms with Crippen LogP contribution in [0.25, 0.3) is 0 Å². The summed E-state index contributed by atoms with van der Waals surface area (Å²) < 4.78 is 1.95. The van der Waals surface area contributed by atoms with E-state index in [9.17, 15) is 5.11 Å². The number of aliphatic hydroxyl groups excluding tert-OH is 1. The molecule has 0 bridgehead atoms. The van der Waals surface area contributed by atoms with Gasteiger partial charge >= 0.3 is 0 Å². The molecule has 0 spiro atoms. The molecule has 2 atom stereocenters. The molecule has 1 aliphatic rings. The third-order valence-electron chi connectivity index (χ3n) is 3.32. The van der Waals surface area contributed by atoms with Gasteiger partial charge in [-0.2, -0.15) is 0 Å². The van der Waals surface area contributed by atoms with Crippen LogP contribution in [-0.2, 0) is 0 Å². The highest BCUT2D eigenvalue weighted by atomic mass is 79.9. The van der Waals surface area contributed by atoms with Gasteiger partial charge in [-0.1, -0.05) is 38.3 Å². The first-order valence-electron chi connectivity index (χ1n) is 5.48. The summed E-state index contributed by atoms with van der Waals surface area (Å²) in [6, 6.07) is 5.57. The van der Waals surface area contributed by atoms with E-state index in [0.29, 0.717) is 5.92 Å². The summed E-state index contributed by atoms with van der Waals surface area (Å²) in [6.07, 6.45) is 2.98. The maximum Gasteiger partial charge on any atom is 0.0761 e. The van der Waals surface area contributed by atoms with Gasteiger partial charge in [0.05, 0.1) is 12.1 Å². The van der Waals surface area contributed by atoms with Crippen LogP contribution in [0.2, 0.25) is 0 Å². The van der Waals surface area contributed by atoms with Crippen molar-refractivity contribution in [2.75, 3.05) is 0 Å². The van der Waals surface area contributed by atoms with Crippen molar-refractivity contribution in [3.05, 3.63) is 32.7 Å². The van der Waals surface area contributed by atoms with E-state index in [1.165, 1.54) is 6.42 Å². The molecule has 0 amide bonds. The van der Waals surface area contributed by atoms with Crippen molar-refractivity contribution in [2.24, 2.45) is 11.7 Å². The van der Waals surface area contributed by atoms with Gasteiger partial charge < -0.3 is 10.8 Å². The van der Waals surface area contributed by atoms with Crippen LogP contribution in [0.4, 0.5) is 0 Å². The van der Waals surface area contributed by atoms with Gasteiger partial charge in [0.1, 0.15) is 0 Å². The second kappa shape index (κ2) is 5.17. The molecule has 0 unspecified atom stereocenters. The van der Waals surface area contributed by atoms with Crippen molar-refractivity contribution in [2.45, 2.75) is 31.4 Å². The highest BCUT2D eigenvalue weighted by Crippen LogP contribution is 2.36. The zero-order valence-corrected chi connectivity index (χ0v) is 12.0. The Morgan fingerprint density at radius 1 is 1.31 bits per heavy atom. The smallest absolute Gasteiger partial charge is 0.0761 e. The average Bonchev–Trinajstić information content (AvgIpc) is 2.18. The molecule has 88 valence electrons. The molecule has 0 radical (unpaired) electrons. The Bertz CT molecular complexity index is 379. The normalized spacial score (nSPS) is 20.2. The van der Waals surface area contributed by atoms with Crippen molar-refractivity contribution < 1.29 is 5.11 Å². The number of hydrogen-bond acceptors (Lipinski definition) is 2. The van der Waals surface area contributed by atoms with Crippen molar-refractivity contribution >= 4 is 31.9 Å². The van der Waals surface area contributed by atoms with E-state index in [0.717, 1.165) is 27.4 Å². The van der Waals surface area contributed by atoms with Crippen molar-refractivity contribution in [3.63, 3.8) is 0 Å². The molecule has 0 aliphatic heterocycles. The number of aliphatic hydroxyl groups is 1. The number of rotatable bonds is 3. The number of hydrogen-bond donors (Lipinski definition) is 2. The highest BCUT2D eigenvalue weighted by molar-refractivity contribution is 9.11. The SMILES string of the molecule is N[C@H](c1cc(Br)ccc1Br)[C@@H](O)C1CCC1. The lowest BCUT2D eigenvalue weighted by Gasteiger charge is -2.34. The summed E-state index contributed by atoms with van der Waals surface area (Å²) in [5, 5.41) is 10.1. The Balaban J connectivity index is 2.18. The fraction of sp³-hybridized carbons (Fsp3) is 0.500. The molecular weight excluding hydrogens is 334 g/mol. The van der Waals surface area contributed by atoms with Gasteiger partial charge in [0.2, 0.25) is 0 Å². The van der Waals surface area contributed by atoms with E-state index >= 15 is 0 Å². The standard InChI is InChI=1S/C12H15Br2NO/c13-8-4-5-10(14)9(6-8)11(15)12(16)7-2-1-3-7/h4-7,11-12,16H,1-3,15H2/t11-,12+/m1/s1. The van der Waals surface area contributed by atoms with Gasteiger partial charge in [-0.3, -0.25) is 0 Å². The lowest BCUT2D eigenvalue weighted by atomic mass is 9.77. The number of benzene rings is 1. The summed E-state index contributed by atoms with van der Waals surface area (Å²) in [5.74, 6) is 0.376. The number of nitrogens with two attached hydrogens (primary N) is 1. The first-order valence-corrected chi connectivity index (χ1v) is 7.07. The molecule has 1 aliphatic carbocycles. The second-order valence-electron chi connectivity index (χ2n) is 4.37. The first-order chi connectivity index (χ1) is 7.59. The van der Waals surface area contributed by atoms with Gasteiger partial charge in [-0.25, -0.2) is 0 Å². The van der Waals surface area contributed by atoms with E-state index in [1.54, 1.807) is 0 Å². The van der Waals surface area contributed by atoms with Gasteiger partial charge in [0.15, 0.2) is 0 Å². The maximum absolute atomic E-state index is 10.1. The van der Waals surface area contributed by atoms with Crippen LogP contribution in [0.3, 0.4) is 0 Å². The van der Waals surface area contributed by atoms with Crippen molar-refractivity contribution in [1.29, 1.82) is 0 Å². The van der Waals surface area contributed by atoms with Crippen LogP contribution in [0, 0.1) is 5.92 Å². The van der Waals surface area contributed by atoms with Crippen LogP contribution in [0.1, 0.15) is 30.9 Å². The molecule has 1 aromatic rings. The minimum Gasteiger partial charge on any atom is -0.391 e. The van der Waals surface area contributed by atoms with E-state index < -0.39 is 6.10 Å².